The molecule has 4 heteroatoms. The summed E-state index contributed by atoms with van der Waals surface area (Å²) in [5.41, 5.74) is 1.87. The molecule has 0 radical (unpaired) electrons. The van der Waals surface area contributed by atoms with Gasteiger partial charge in [0.05, 0.1) is 0 Å². The number of likely N-dealkylation sites (N-methyl/N-ethyl adjacent to an activating group) is 2. The zero-order chi connectivity index (χ0) is 11.3. The second kappa shape index (κ2) is 7.25. The summed E-state index contributed by atoms with van der Waals surface area (Å²) in [5, 5.41) is 3.02. The summed E-state index contributed by atoms with van der Waals surface area (Å²) < 4.78 is 0. The standard InChI is InChI=1S/C12H18N2O.ClH/c1-10-5-4-6-11(9-10)12(15)14(3)8-7-13-2;/h4-6,9,13H,7-8H2,1-3H3;1H. The molecule has 0 aliphatic rings. The highest BCUT2D eigenvalue weighted by Gasteiger charge is 2.10. The Labute approximate surface area is 103 Å². The lowest BCUT2D eigenvalue weighted by Crippen LogP contribution is -2.32. The topological polar surface area (TPSA) is 32.3 Å². The van der Waals surface area contributed by atoms with Gasteiger partial charge >= 0.3 is 0 Å². The molecular formula is C12H19ClN2O. The lowest BCUT2D eigenvalue weighted by Gasteiger charge is -2.17. The maximum atomic E-state index is 11.9. The molecule has 3 nitrogen and oxygen atoms in total. The van der Waals surface area contributed by atoms with Crippen molar-refractivity contribution >= 4 is 18.3 Å². The van der Waals surface area contributed by atoms with Gasteiger partial charge in [-0.2, -0.15) is 0 Å². The SMILES string of the molecule is CNCCN(C)C(=O)c1cccc(C)c1.Cl. The van der Waals surface area contributed by atoms with Crippen LogP contribution in [0.4, 0.5) is 0 Å². The third-order valence-electron chi connectivity index (χ3n) is 2.31. The molecule has 0 spiro atoms. The Morgan fingerprint density at radius 2 is 2.12 bits per heavy atom. The van der Waals surface area contributed by atoms with E-state index in [1.54, 1.807) is 4.90 Å². The summed E-state index contributed by atoms with van der Waals surface area (Å²) in [6, 6.07) is 7.67. The van der Waals surface area contributed by atoms with Gasteiger partial charge in [0, 0.05) is 25.7 Å². The molecule has 1 N–H and O–H groups in total. The van der Waals surface area contributed by atoms with Crippen LogP contribution in [0.5, 0.6) is 0 Å². The molecule has 0 aliphatic heterocycles. The highest BCUT2D eigenvalue weighted by molar-refractivity contribution is 5.94. The summed E-state index contributed by atoms with van der Waals surface area (Å²) >= 11 is 0. The highest BCUT2D eigenvalue weighted by atomic mass is 35.5. The zero-order valence-corrected chi connectivity index (χ0v) is 10.8. The number of carbonyl (C=O) groups excluding carboxylic acids is 1. The summed E-state index contributed by atoms with van der Waals surface area (Å²) in [5.74, 6) is 0.0777. The Kier molecular flexibility index (Phi) is 6.77. The van der Waals surface area contributed by atoms with Crippen molar-refractivity contribution < 1.29 is 4.79 Å². The van der Waals surface area contributed by atoms with Gasteiger partial charge in [-0.3, -0.25) is 4.79 Å². The van der Waals surface area contributed by atoms with E-state index in [4.69, 9.17) is 0 Å². The summed E-state index contributed by atoms with van der Waals surface area (Å²) in [4.78, 5) is 13.6. The van der Waals surface area contributed by atoms with Crippen molar-refractivity contribution in [1.82, 2.24) is 10.2 Å². The fourth-order valence-electron chi connectivity index (χ4n) is 1.38. The molecule has 1 rings (SSSR count). The minimum atomic E-state index is 0. The van der Waals surface area contributed by atoms with E-state index >= 15 is 0 Å². The number of rotatable bonds is 4. The molecule has 0 fully saturated rings. The van der Waals surface area contributed by atoms with Gasteiger partial charge in [-0.15, -0.1) is 12.4 Å². The van der Waals surface area contributed by atoms with Gasteiger partial charge in [-0.05, 0) is 26.1 Å². The molecule has 0 unspecified atom stereocenters. The third-order valence-corrected chi connectivity index (χ3v) is 2.31. The molecule has 0 aliphatic carbocycles. The fraction of sp³-hybridized carbons (Fsp3) is 0.417. The van der Waals surface area contributed by atoms with E-state index < -0.39 is 0 Å². The second-order valence-electron chi connectivity index (χ2n) is 3.70. The van der Waals surface area contributed by atoms with Gasteiger partial charge in [0.1, 0.15) is 0 Å². The average Bonchev–Trinajstić information content (AvgIpc) is 2.24. The average molecular weight is 243 g/mol. The predicted octanol–water partition coefficient (Wildman–Crippen LogP) is 1.71. The Bertz CT molecular complexity index is 342. The van der Waals surface area contributed by atoms with Crippen LogP contribution in [0.15, 0.2) is 24.3 Å². The maximum Gasteiger partial charge on any atom is 0.253 e. The summed E-state index contributed by atoms with van der Waals surface area (Å²) in [7, 11) is 3.70. The van der Waals surface area contributed by atoms with Crippen LogP contribution in [0.25, 0.3) is 0 Å². The minimum Gasteiger partial charge on any atom is -0.340 e. The highest BCUT2D eigenvalue weighted by Crippen LogP contribution is 2.06. The van der Waals surface area contributed by atoms with Crippen LogP contribution in [0.3, 0.4) is 0 Å². The molecule has 0 atom stereocenters. The Morgan fingerprint density at radius 1 is 1.44 bits per heavy atom. The van der Waals surface area contributed by atoms with Crippen molar-refractivity contribution in [3.63, 3.8) is 0 Å². The molecule has 0 heterocycles. The largest absolute Gasteiger partial charge is 0.340 e. The van der Waals surface area contributed by atoms with Gasteiger partial charge in [0.2, 0.25) is 0 Å². The van der Waals surface area contributed by atoms with Crippen molar-refractivity contribution in [2.75, 3.05) is 27.2 Å². The van der Waals surface area contributed by atoms with Crippen LogP contribution in [0.1, 0.15) is 15.9 Å². The summed E-state index contributed by atoms with van der Waals surface area (Å²) in [6.45, 7) is 3.53. The van der Waals surface area contributed by atoms with Gasteiger partial charge in [-0.1, -0.05) is 17.7 Å². The zero-order valence-electron chi connectivity index (χ0n) is 9.99. The van der Waals surface area contributed by atoms with E-state index in [9.17, 15) is 4.79 Å². The monoisotopic (exact) mass is 242 g/mol. The van der Waals surface area contributed by atoms with Crippen molar-refractivity contribution in [1.29, 1.82) is 0 Å². The number of nitrogens with one attached hydrogen (secondary N) is 1. The Hall–Kier alpha value is -1.06. The van der Waals surface area contributed by atoms with Crippen molar-refractivity contribution in [3.8, 4) is 0 Å². The van der Waals surface area contributed by atoms with E-state index in [1.165, 1.54) is 0 Å². The van der Waals surface area contributed by atoms with E-state index in [1.807, 2.05) is 45.3 Å². The second-order valence-corrected chi connectivity index (χ2v) is 3.70. The summed E-state index contributed by atoms with van der Waals surface area (Å²) in [6.07, 6.45) is 0. The quantitative estimate of drug-likeness (QED) is 0.872. The third kappa shape index (κ3) is 4.21. The van der Waals surface area contributed by atoms with Gasteiger partial charge in [0.25, 0.3) is 5.91 Å². The van der Waals surface area contributed by atoms with E-state index in [0.29, 0.717) is 0 Å². The number of amides is 1. The number of carbonyl (C=O) groups is 1. The van der Waals surface area contributed by atoms with Crippen molar-refractivity contribution in [3.05, 3.63) is 35.4 Å². The molecule has 0 saturated carbocycles. The first-order chi connectivity index (χ1) is 7.15. The number of aryl methyl sites for hydroxylation is 1. The lowest BCUT2D eigenvalue weighted by atomic mass is 10.1. The van der Waals surface area contributed by atoms with Gasteiger partial charge < -0.3 is 10.2 Å². The minimum absolute atomic E-state index is 0. The molecule has 0 aromatic heterocycles. The Morgan fingerprint density at radius 3 is 2.69 bits per heavy atom. The molecule has 0 saturated heterocycles. The normalized spacial score (nSPS) is 9.44. The van der Waals surface area contributed by atoms with Crippen LogP contribution in [-0.2, 0) is 0 Å². The van der Waals surface area contributed by atoms with Crippen LogP contribution < -0.4 is 5.32 Å². The van der Waals surface area contributed by atoms with Crippen molar-refractivity contribution in [2.24, 2.45) is 0 Å². The van der Waals surface area contributed by atoms with Gasteiger partial charge in [0.15, 0.2) is 0 Å². The molecule has 1 amide bonds. The molecule has 0 bridgehead atoms. The maximum absolute atomic E-state index is 11.9. The van der Waals surface area contributed by atoms with Crippen LogP contribution >= 0.6 is 12.4 Å². The molecule has 90 valence electrons. The molecular weight excluding hydrogens is 224 g/mol. The van der Waals surface area contributed by atoms with Crippen LogP contribution in [0.2, 0.25) is 0 Å². The number of hydrogen-bond donors (Lipinski definition) is 1. The van der Waals surface area contributed by atoms with E-state index in [-0.39, 0.29) is 18.3 Å². The van der Waals surface area contributed by atoms with Gasteiger partial charge in [-0.25, -0.2) is 0 Å². The number of hydrogen-bond acceptors (Lipinski definition) is 2. The fourth-order valence-corrected chi connectivity index (χ4v) is 1.38. The Balaban J connectivity index is 0.00000225. The molecule has 1 aromatic carbocycles. The first-order valence-corrected chi connectivity index (χ1v) is 5.12. The first kappa shape index (κ1) is 14.9. The van der Waals surface area contributed by atoms with E-state index in [0.717, 1.165) is 24.2 Å². The predicted molar refractivity (Wildman–Crippen MR) is 69.3 cm³/mol. The number of nitrogens with zero attached hydrogens (tertiary/aromatic N) is 1. The van der Waals surface area contributed by atoms with Crippen LogP contribution in [-0.4, -0.2) is 38.0 Å². The number of halogens is 1. The molecule has 1 aromatic rings. The number of benzene rings is 1. The molecule has 16 heavy (non-hydrogen) atoms. The van der Waals surface area contributed by atoms with Crippen molar-refractivity contribution in [2.45, 2.75) is 6.92 Å². The smallest absolute Gasteiger partial charge is 0.253 e. The lowest BCUT2D eigenvalue weighted by molar-refractivity contribution is 0.0797. The van der Waals surface area contributed by atoms with Crippen LogP contribution in [0, 0.1) is 6.92 Å². The van der Waals surface area contributed by atoms with E-state index in [2.05, 4.69) is 5.32 Å². The first-order valence-electron chi connectivity index (χ1n) is 5.12.